The third kappa shape index (κ3) is 6.63. The molecule has 2 N–H and O–H groups in total. The molecule has 0 saturated heterocycles. The van der Waals surface area contributed by atoms with E-state index in [0.29, 0.717) is 31.6 Å². The normalized spacial score (nSPS) is 11.3. The van der Waals surface area contributed by atoms with E-state index in [1.807, 2.05) is 61.5 Å². The minimum atomic E-state index is 0.329. The number of hydrogen-bond donors (Lipinski definition) is 2. The summed E-state index contributed by atoms with van der Waals surface area (Å²) in [6, 6.07) is 17.7. The van der Waals surface area contributed by atoms with Crippen LogP contribution in [-0.4, -0.2) is 37.8 Å². The van der Waals surface area contributed by atoms with Gasteiger partial charge in [0.15, 0.2) is 11.7 Å². The maximum Gasteiger partial charge on any atom is 0.216 e. The molecule has 7 nitrogen and oxygen atoms in total. The molecule has 0 radical (unpaired) electrons. The van der Waals surface area contributed by atoms with E-state index >= 15 is 0 Å². The molecule has 0 unspecified atom stereocenters. The zero-order chi connectivity index (χ0) is 21.0. The third-order valence-electron chi connectivity index (χ3n) is 4.19. The van der Waals surface area contributed by atoms with Gasteiger partial charge in [-0.1, -0.05) is 36.4 Å². The number of guanidine groups is 1. The van der Waals surface area contributed by atoms with Crippen molar-refractivity contribution in [2.24, 2.45) is 4.99 Å². The van der Waals surface area contributed by atoms with Crippen molar-refractivity contribution in [1.82, 2.24) is 10.3 Å². The van der Waals surface area contributed by atoms with Crippen molar-refractivity contribution >= 4 is 11.6 Å². The quantitative estimate of drug-likeness (QED) is 0.295. The largest absolute Gasteiger partial charge is 0.493 e. The Hall–Kier alpha value is -3.32. The fourth-order valence-electron chi connectivity index (χ4n) is 2.77. The first-order valence-corrected chi connectivity index (χ1v) is 10.1. The number of nitrogens with zero attached hydrogens (tertiary/aromatic N) is 2. The van der Waals surface area contributed by atoms with Crippen molar-refractivity contribution < 1.29 is 13.9 Å². The van der Waals surface area contributed by atoms with Crippen LogP contribution in [0.3, 0.4) is 0 Å². The van der Waals surface area contributed by atoms with E-state index in [4.69, 9.17) is 13.9 Å². The van der Waals surface area contributed by atoms with Crippen LogP contribution in [0.4, 0.5) is 5.69 Å². The van der Waals surface area contributed by atoms with Gasteiger partial charge in [-0.15, -0.1) is 0 Å². The van der Waals surface area contributed by atoms with Gasteiger partial charge in [0.1, 0.15) is 12.3 Å². The van der Waals surface area contributed by atoms with Crippen LogP contribution in [0.25, 0.3) is 11.3 Å². The molecule has 0 saturated carbocycles. The van der Waals surface area contributed by atoms with Crippen LogP contribution in [0.2, 0.25) is 0 Å². The number of aliphatic imine (C=N–C) groups is 1. The third-order valence-corrected chi connectivity index (χ3v) is 4.19. The minimum absolute atomic E-state index is 0.329. The highest BCUT2D eigenvalue weighted by Gasteiger charge is 2.07. The summed E-state index contributed by atoms with van der Waals surface area (Å²) >= 11 is 0. The van der Waals surface area contributed by atoms with E-state index in [2.05, 4.69) is 20.6 Å². The standard InChI is InChI=1S/C23H28N4O3/c1-3-24-23(27-19-11-7-12-20(15-19)29-14-8-13-28-2)26-17-22-25-16-21(30-22)18-9-5-4-6-10-18/h4-7,9-12,15-16H,3,8,13-14,17H2,1-2H3,(H2,24,26,27). The van der Waals surface area contributed by atoms with Gasteiger partial charge in [0.05, 0.1) is 12.8 Å². The Morgan fingerprint density at radius 2 is 1.97 bits per heavy atom. The molecule has 0 amide bonds. The molecule has 0 fully saturated rings. The zero-order valence-electron chi connectivity index (χ0n) is 17.4. The highest BCUT2D eigenvalue weighted by Crippen LogP contribution is 2.20. The first-order valence-electron chi connectivity index (χ1n) is 10.1. The second-order valence-electron chi connectivity index (χ2n) is 6.53. The highest BCUT2D eigenvalue weighted by atomic mass is 16.5. The summed E-state index contributed by atoms with van der Waals surface area (Å²) in [5.74, 6) is 2.74. The van der Waals surface area contributed by atoms with Crippen LogP contribution in [0, 0.1) is 0 Å². The Labute approximate surface area is 177 Å². The zero-order valence-corrected chi connectivity index (χ0v) is 17.4. The average molecular weight is 409 g/mol. The maximum atomic E-state index is 5.83. The first-order chi connectivity index (χ1) is 14.8. The van der Waals surface area contributed by atoms with E-state index in [-0.39, 0.29) is 0 Å². The molecule has 3 aromatic rings. The number of oxazole rings is 1. The number of ether oxygens (including phenoxy) is 2. The van der Waals surface area contributed by atoms with Gasteiger partial charge in [0.2, 0.25) is 5.89 Å². The Morgan fingerprint density at radius 3 is 2.77 bits per heavy atom. The lowest BCUT2D eigenvalue weighted by Gasteiger charge is -2.12. The summed E-state index contributed by atoms with van der Waals surface area (Å²) in [4.78, 5) is 8.92. The van der Waals surface area contributed by atoms with Crippen LogP contribution in [0.1, 0.15) is 19.2 Å². The SMILES string of the molecule is CCNC(=NCc1ncc(-c2ccccc2)o1)Nc1cccc(OCCCOC)c1. The second kappa shape index (κ2) is 11.6. The van der Waals surface area contributed by atoms with E-state index in [9.17, 15) is 0 Å². The van der Waals surface area contributed by atoms with Crippen LogP contribution >= 0.6 is 0 Å². The number of methoxy groups -OCH3 is 1. The van der Waals surface area contributed by atoms with Crippen molar-refractivity contribution in [3.63, 3.8) is 0 Å². The molecule has 1 aromatic heterocycles. The molecule has 30 heavy (non-hydrogen) atoms. The molecule has 0 spiro atoms. The number of hydrogen-bond acceptors (Lipinski definition) is 5. The number of nitrogens with one attached hydrogen (secondary N) is 2. The monoisotopic (exact) mass is 408 g/mol. The maximum absolute atomic E-state index is 5.83. The smallest absolute Gasteiger partial charge is 0.216 e. The number of anilines is 1. The van der Waals surface area contributed by atoms with Gasteiger partial charge < -0.3 is 24.5 Å². The van der Waals surface area contributed by atoms with Gasteiger partial charge in [-0.2, -0.15) is 0 Å². The lowest BCUT2D eigenvalue weighted by molar-refractivity contribution is 0.172. The predicted octanol–water partition coefficient (Wildman–Crippen LogP) is 4.33. The van der Waals surface area contributed by atoms with E-state index in [0.717, 1.165) is 35.7 Å². The first kappa shape index (κ1) is 21.4. The van der Waals surface area contributed by atoms with Crippen molar-refractivity contribution in [2.75, 3.05) is 32.2 Å². The fraction of sp³-hybridized carbons (Fsp3) is 0.304. The molecule has 158 valence electrons. The summed E-state index contributed by atoms with van der Waals surface area (Å²) in [5, 5.41) is 6.53. The number of aromatic nitrogens is 1. The molecule has 0 aliphatic heterocycles. The number of benzene rings is 2. The van der Waals surface area contributed by atoms with Gasteiger partial charge in [0.25, 0.3) is 0 Å². The second-order valence-corrected chi connectivity index (χ2v) is 6.53. The molecule has 0 atom stereocenters. The molecule has 0 aliphatic rings. The Kier molecular flexibility index (Phi) is 8.29. The van der Waals surface area contributed by atoms with Crippen molar-refractivity contribution in [1.29, 1.82) is 0 Å². The van der Waals surface area contributed by atoms with Crippen LogP contribution in [-0.2, 0) is 11.3 Å². The fourth-order valence-corrected chi connectivity index (χ4v) is 2.77. The van der Waals surface area contributed by atoms with Gasteiger partial charge >= 0.3 is 0 Å². The van der Waals surface area contributed by atoms with Gasteiger partial charge in [0, 0.05) is 44.0 Å². The van der Waals surface area contributed by atoms with E-state index < -0.39 is 0 Å². The molecule has 0 bridgehead atoms. The van der Waals surface area contributed by atoms with Crippen LogP contribution in [0.15, 0.2) is 70.2 Å². The summed E-state index contributed by atoms with van der Waals surface area (Å²) in [6.45, 7) is 4.38. The molecule has 0 aliphatic carbocycles. The van der Waals surface area contributed by atoms with Crippen molar-refractivity contribution in [3.8, 4) is 17.1 Å². The molecule has 1 heterocycles. The highest BCUT2D eigenvalue weighted by molar-refractivity contribution is 5.93. The van der Waals surface area contributed by atoms with Crippen LogP contribution < -0.4 is 15.4 Å². The van der Waals surface area contributed by atoms with Gasteiger partial charge in [-0.05, 0) is 19.1 Å². The lowest BCUT2D eigenvalue weighted by Crippen LogP contribution is -2.30. The van der Waals surface area contributed by atoms with E-state index in [1.54, 1.807) is 13.3 Å². The van der Waals surface area contributed by atoms with Crippen molar-refractivity contribution in [2.45, 2.75) is 19.9 Å². The molecule has 7 heteroatoms. The predicted molar refractivity (Wildman–Crippen MR) is 119 cm³/mol. The summed E-state index contributed by atoms with van der Waals surface area (Å²) in [5.41, 5.74) is 1.88. The Balaban J connectivity index is 1.62. The van der Waals surface area contributed by atoms with E-state index in [1.165, 1.54) is 0 Å². The lowest BCUT2D eigenvalue weighted by atomic mass is 10.2. The Bertz CT molecular complexity index is 925. The summed E-state index contributed by atoms with van der Waals surface area (Å²) in [7, 11) is 1.69. The van der Waals surface area contributed by atoms with Crippen molar-refractivity contribution in [3.05, 3.63) is 66.7 Å². The van der Waals surface area contributed by atoms with Gasteiger partial charge in [-0.25, -0.2) is 9.98 Å². The van der Waals surface area contributed by atoms with Gasteiger partial charge in [-0.3, -0.25) is 0 Å². The minimum Gasteiger partial charge on any atom is -0.493 e. The molecular formula is C23H28N4O3. The molecule has 3 rings (SSSR count). The summed E-state index contributed by atoms with van der Waals surface area (Å²) in [6.07, 6.45) is 2.57. The van der Waals surface area contributed by atoms with Crippen LogP contribution in [0.5, 0.6) is 5.75 Å². The topological polar surface area (TPSA) is 80.9 Å². The molecule has 2 aromatic carbocycles. The number of rotatable bonds is 10. The summed E-state index contributed by atoms with van der Waals surface area (Å²) < 4.78 is 16.6. The molecular weight excluding hydrogens is 380 g/mol. The Morgan fingerprint density at radius 1 is 1.10 bits per heavy atom. The average Bonchev–Trinajstić information content (AvgIpc) is 3.25.